The normalized spacial score (nSPS) is 11.6. The van der Waals surface area contributed by atoms with Gasteiger partial charge in [0.1, 0.15) is 0 Å². The summed E-state index contributed by atoms with van der Waals surface area (Å²) in [5.41, 5.74) is 1.92. The number of ether oxygens (including phenoxy) is 1. The van der Waals surface area contributed by atoms with Crippen LogP contribution >= 0.6 is 22.9 Å². The zero-order chi connectivity index (χ0) is 19.2. The van der Waals surface area contributed by atoms with Crippen molar-refractivity contribution in [1.29, 1.82) is 0 Å². The van der Waals surface area contributed by atoms with Gasteiger partial charge in [-0.05, 0) is 30.7 Å². The van der Waals surface area contributed by atoms with Gasteiger partial charge in [-0.1, -0.05) is 30.7 Å². The molecule has 1 amide bonds. The summed E-state index contributed by atoms with van der Waals surface area (Å²) >= 11 is 7.18. The zero-order valence-corrected chi connectivity index (χ0v) is 16.0. The van der Waals surface area contributed by atoms with Gasteiger partial charge in [0.15, 0.2) is 11.2 Å². The second-order valence-electron chi connectivity index (χ2n) is 5.58. The molecule has 1 N–H and O–H groups in total. The van der Waals surface area contributed by atoms with E-state index in [4.69, 9.17) is 16.3 Å². The van der Waals surface area contributed by atoms with Gasteiger partial charge in [-0.2, -0.15) is 0 Å². The lowest BCUT2D eigenvalue weighted by molar-refractivity contribution is -0.124. The van der Waals surface area contributed by atoms with Gasteiger partial charge in [0.05, 0.1) is 11.3 Å². The number of hydrogen-bond donors (Lipinski definition) is 1. The van der Waals surface area contributed by atoms with Crippen molar-refractivity contribution in [2.75, 3.05) is 5.32 Å². The molecule has 0 spiro atoms. The number of pyridine rings is 1. The molecule has 27 heavy (non-hydrogen) atoms. The number of amides is 1. The summed E-state index contributed by atoms with van der Waals surface area (Å²) in [6.07, 6.45) is 2.38. The van der Waals surface area contributed by atoms with Gasteiger partial charge in [-0.15, -0.1) is 11.3 Å². The maximum absolute atomic E-state index is 12.4. The number of rotatable bonds is 6. The van der Waals surface area contributed by atoms with Crippen molar-refractivity contribution in [3.05, 3.63) is 64.8 Å². The van der Waals surface area contributed by atoms with Gasteiger partial charge in [0.25, 0.3) is 5.91 Å². The van der Waals surface area contributed by atoms with Crippen molar-refractivity contribution in [3.63, 3.8) is 0 Å². The van der Waals surface area contributed by atoms with E-state index in [2.05, 4.69) is 15.3 Å². The van der Waals surface area contributed by atoms with Gasteiger partial charge < -0.3 is 4.74 Å². The smallest absolute Gasteiger partial charge is 0.340 e. The second kappa shape index (κ2) is 8.75. The number of benzene rings is 1. The minimum atomic E-state index is -0.916. The lowest BCUT2D eigenvalue weighted by atomic mass is 10.2. The molecule has 1 atom stereocenters. The van der Waals surface area contributed by atoms with Crippen LogP contribution in [0.15, 0.2) is 54.2 Å². The molecule has 2 heterocycles. The van der Waals surface area contributed by atoms with Crippen LogP contribution < -0.4 is 5.32 Å². The number of anilines is 1. The Bertz CT molecular complexity index is 929. The van der Waals surface area contributed by atoms with Gasteiger partial charge in [0, 0.05) is 28.4 Å². The van der Waals surface area contributed by atoms with Crippen molar-refractivity contribution in [2.45, 2.75) is 19.4 Å². The van der Waals surface area contributed by atoms with E-state index >= 15 is 0 Å². The first-order valence-corrected chi connectivity index (χ1v) is 9.46. The molecule has 0 saturated carbocycles. The molecule has 0 aliphatic heterocycles. The lowest BCUT2D eigenvalue weighted by Gasteiger charge is -2.14. The maximum Gasteiger partial charge on any atom is 0.340 e. The SMILES string of the molecule is CCC(OC(=O)c1cccnc1)C(=O)Nc1nc(-c2ccc(Cl)cc2)cs1. The summed E-state index contributed by atoms with van der Waals surface area (Å²) in [6, 6.07) is 10.5. The van der Waals surface area contributed by atoms with Gasteiger partial charge in [-0.25, -0.2) is 9.78 Å². The molecule has 2 aromatic heterocycles. The first-order chi connectivity index (χ1) is 13.1. The highest BCUT2D eigenvalue weighted by molar-refractivity contribution is 7.14. The van der Waals surface area contributed by atoms with Crippen molar-refractivity contribution in [1.82, 2.24) is 9.97 Å². The highest BCUT2D eigenvalue weighted by atomic mass is 35.5. The number of carbonyl (C=O) groups excluding carboxylic acids is 2. The number of carbonyl (C=O) groups is 2. The van der Waals surface area contributed by atoms with Crippen LogP contribution in [0.1, 0.15) is 23.7 Å². The molecule has 3 rings (SSSR count). The monoisotopic (exact) mass is 401 g/mol. The predicted molar refractivity (Wildman–Crippen MR) is 105 cm³/mol. The van der Waals surface area contributed by atoms with Crippen LogP contribution in [0.3, 0.4) is 0 Å². The van der Waals surface area contributed by atoms with Gasteiger partial charge >= 0.3 is 5.97 Å². The standard InChI is InChI=1S/C19H16ClN3O3S/c1-2-16(26-18(25)13-4-3-9-21-10-13)17(24)23-19-22-15(11-27-19)12-5-7-14(20)8-6-12/h3-11,16H,2H2,1H3,(H,22,23,24). The number of nitrogens with one attached hydrogen (secondary N) is 1. The minimum Gasteiger partial charge on any atom is -0.449 e. The topological polar surface area (TPSA) is 81.2 Å². The number of nitrogens with zero attached hydrogens (tertiary/aromatic N) is 2. The molecule has 0 bridgehead atoms. The lowest BCUT2D eigenvalue weighted by Crippen LogP contribution is -2.32. The number of hydrogen-bond acceptors (Lipinski definition) is 6. The summed E-state index contributed by atoms with van der Waals surface area (Å²) in [5, 5.41) is 5.61. The number of thiazole rings is 1. The Labute approximate surface area is 165 Å². The van der Waals surface area contributed by atoms with Gasteiger partial charge in [0.2, 0.25) is 0 Å². The number of halogens is 1. The van der Waals surface area contributed by atoms with E-state index in [1.54, 1.807) is 37.4 Å². The van der Waals surface area contributed by atoms with E-state index in [9.17, 15) is 9.59 Å². The van der Waals surface area contributed by atoms with Crippen molar-refractivity contribution in [3.8, 4) is 11.3 Å². The van der Waals surface area contributed by atoms with E-state index in [0.29, 0.717) is 22.1 Å². The predicted octanol–water partition coefficient (Wildman–Crippen LogP) is 4.43. The van der Waals surface area contributed by atoms with Crippen molar-refractivity contribution in [2.24, 2.45) is 0 Å². The van der Waals surface area contributed by atoms with Crippen LogP contribution in [0.2, 0.25) is 5.02 Å². The van der Waals surface area contributed by atoms with Gasteiger partial charge in [-0.3, -0.25) is 15.1 Å². The molecule has 0 aliphatic rings. The summed E-state index contributed by atoms with van der Waals surface area (Å²) in [4.78, 5) is 32.8. The third-order valence-corrected chi connectivity index (χ3v) is 4.69. The number of esters is 1. The van der Waals surface area contributed by atoms with E-state index < -0.39 is 18.0 Å². The van der Waals surface area contributed by atoms with Crippen molar-refractivity contribution < 1.29 is 14.3 Å². The first kappa shape index (κ1) is 19.0. The van der Waals surface area contributed by atoms with Crippen molar-refractivity contribution >= 4 is 39.9 Å². The average Bonchev–Trinajstić information content (AvgIpc) is 3.15. The van der Waals surface area contributed by atoms with E-state index in [-0.39, 0.29) is 0 Å². The third kappa shape index (κ3) is 4.90. The van der Waals surface area contributed by atoms with Crippen LogP contribution in [0, 0.1) is 0 Å². The quantitative estimate of drug-likeness (QED) is 0.618. The fraction of sp³-hybridized carbons (Fsp3) is 0.158. The van der Waals surface area contributed by atoms with E-state index in [0.717, 1.165) is 11.3 Å². The summed E-state index contributed by atoms with van der Waals surface area (Å²) < 4.78 is 5.30. The second-order valence-corrected chi connectivity index (χ2v) is 6.87. The Kier molecular flexibility index (Phi) is 6.16. The molecule has 0 aliphatic carbocycles. The summed E-state index contributed by atoms with van der Waals surface area (Å²) in [7, 11) is 0. The summed E-state index contributed by atoms with van der Waals surface area (Å²) in [5.74, 6) is -1.02. The van der Waals surface area contributed by atoms with Crippen LogP contribution in [0.4, 0.5) is 5.13 Å². The molecule has 0 radical (unpaired) electrons. The summed E-state index contributed by atoms with van der Waals surface area (Å²) in [6.45, 7) is 1.77. The minimum absolute atomic E-state index is 0.294. The molecule has 0 fully saturated rings. The maximum atomic E-state index is 12.4. The zero-order valence-electron chi connectivity index (χ0n) is 14.4. The fourth-order valence-electron chi connectivity index (χ4n) is 2.27. The highest BCUT2D eigenvalue weighted by Crippen LogP contribution is 2.26. The first-order valence-electron chi connectivity index (χ1n) is 8.20. The molecule has 1 unspecified atom stereocenters. The Balaban J connectivity index is 1.65. The Hall–Kier alpha value is -2.77. The van der Waals surface area contributed by atoms with Crippen LogP contribution in [-0.2, 0) is 9.53 Å². The molecule has 1 aromatic carbocycles. The van der Waals surface area contributed by atoms with E-state index in [1.165, 1.54) is 17.5 Å². The molecule has 8 heteroatoms. The average molecular weight is 402 g/mol. The molecule has 0 saturated heterocycles. The number of aromatic nitrogens is 2. The van der Waals surface area contributed by atoms with Crippen LogP contribution in [0.5, 0.6) is 0 Å². The Morgan fingerprint density at radius 3 is 2.70 bits per heavy atom. The molecule has 3 aromatic rings. The molecule has 6 nitrogen and oxygen atoms in total. The molecular formula is C19H16ClN3O3S. The highest BCUT2D eigenvalue weighted by Gasteiger charge is 2.23. The third-order valence-electron chi connectivity index (χ3n) is 3.68. The largest absolute Gasteiger partial charge is 0.449 e. The Morgan fingerprint density at radius 2 is 2.04 bits per heavy atom. The van der Waals surface area contributed by atoms with Crippen LogP contribution in [0.25, 0.3) is 11.3 Å². The van der Waals surface area contributed by atoms with Crippen LogP contribution in [-0.4, -0.2) is 27.9 Å². The fourth-order valence-corrected chi connectivity index (χ4v) is 3.12. The Morgan fingerprint density at radius 1 is 1.26 bits per heavy atom. The molecule has 138 valence electrons. The van der Waals surface area contributed by atoms with E-state index in [1.807, 2.05) is 17.5 Å². The molecular weight excluding hydrogens is 386 g/mol.